The number of hydrogen-bond acceptors (Lipinski definition) is 5. The number of esters is 1. The Kier molecular flexibility index (Phi) is 43.6. The van der Waals surface area contributed by atoms with Crippen LogP contribution in [0.5, 0.6) is 0 Å². The number of nitrogens with one attached hydrogen (secondary N) is 1. The van der Waals surface area contributed by atoms with E-state index in [0.29, 0.717) is 19.3 Å². The summed E-state index contributed by atoms with van der Waals surface area (Å²) in [5.41, 5.74) is 0. The molecule has 0 aliphatic rings. The average molecular weight is 792 g/mol. The Balaban J connectivity index is 4.53. The van der Waals surface area contributed by atoms with Crippen molar-refractivity contribution in [1.29, 1.82) is 0 Å². The first-order valence-electron chi connectivity index (χ1n) is 24.9. The Morgan fingerprint density at radius 3 is 1.27 bits per heavy atom. The molecule has 6 nitrogen and oxygen atoms in total. The van der Waals surface area contributed by atoms with Gasteiger partial charge in [0, 0.05) is 6.42 Å². The van der Waals surface area contributed by atoms with Crippen molar-refractivity contribution in [2.75, 3.05) is 6.61 Å². The number of carbonyl (C=O) groups excluding carboxylic acids is 2. The van der Waals surface area contributed by atoms with Crippen molar-refractivity contribution < 1.29 is 24.5 Å². The van der Waals surface area contributed by atoms with Crippen LogP contribution in [0, 0.1) is 0 Å². The highest BCUT2D eigenvalue weighted by Crippen LogP contribution is 2.18. The minimum atomic E-state index is -0.783. The normalized spacial score (nSPS) is 13.3. The highest BCUT2D eigenvalue weighted by Gasteiger charge is 2.24. The van der Waals surface area contributed by atoms with E-state index in [9.17, 15) is 19.8 Å². The largest absolute Gasteiger partial charge is 0.462 e. The minimum Gasteiger partial charge on any atom is -0.462 e. The van der Waals surface area contributed by atoms with E-state index in [2.05, 4.69) is 38.2 Å². The summed E-state index contributed by atoms with van der Waals surface area (Å²) in [7, 11) is 0. The third kappa shape index (κ3) is 39.4. The molecule has 3 unspecified atom stereocenters. The molecule has 0 heterocycles. The number of aliphatic hydroxyl groups is 2. The fourth-order valence-electron chi connectivity index (χ4n) is 7.78. The van der Waals surface area contributed by atoms with E-state index in [0.717, 1.165) is 51.4 Å². The predicted octanol–water partition coefficient (Wildman–Crippen LogP) is 14.6. The maximum absolute atomic E-state index is 13.2. The van der Waals surface area contributed by atoms with Crippen molar-refractivity contribution >= 4 is 11.9 Å². The number of allylic oxidation sites excluding steroid dienone is 2. The highest BCUT2D eigenvalue weighted by atomic mass is 16.5. The van der Waals surface area contributed by atoms with Gasteiger partial charge in [0.1, 0.15) is 6.10 Å². The van der Waals surface area contributed by atoms with Crippen molar-refractivity contribution in [2.45, 2.75) is 289 Å². The van der Waals surface area contributed by atoms with Crippen molar-refractivity contribution in [3.63, 3.8) is 0 Å². The van der Waals surface area contributed by atoms with Gasteiger partial charge in [0.05, 0.1) is 25.2 Å². The Morgan fingerprint density at radius 2 is 0.857 bits per heavy atom. The predicted molar refractivity (Wildman–Crippen MR) is 241 cm³/mol. The summed E-state index contributed by atoms with van der Waals surface area (Å²) >= 11 is 0. The molecule has 3 N–H and O–H groups in total. The van der Waals surface area contributed by atoms with Crippen LogP contribution in [0.4, 0.5) is 0 Å². The van der Waals surface area contributed by atoms with E-state index in [1.807, 2.05) is 0 Å². The van der Waals surface area contributed by atoms with Crippen LogP contribution in [-0.2, 0) is 14.3 Å². The Hall–Kier alpha value is -1.40. The lowest BCUT2D eigenvalue weighted by Gasteiger charge is -2.24. The van der Waals surface area contributed by atoms with Gasteiger partial charge in [-0.3, -0.25) is 9.59 Å². The highest BCUT2D eigenvalue weighted by molar-refractivity contribution is 5.77. The zero-order valence-corrected chi connectivity index (χ0v) is 37.8. The van der Waals surface area contributed by atoms with Crippen LogP contribution >= 0.6 is 0 Å². The molecule has 0 aliphatic heterocycles. The number of hydrogen-bond donors (Lipinski definition) is 3. The van der Waals surface area contributed by atoms with E-state index in [1.54, 1.807) is 0 Å². The van der Waals surface area contributed by atoms with Crippen LogP contribution in [0.15, 0.2) is 12.2 Å². The quantitative estimate of drug-likeness (QED) is 0.0324. The molecular formula is C50H97NO5. The molecule has 0 aromatic heterocycles. The lowest BCUT2D eigenvalue weighted by Crippen LogP contribution is -2.46. The minimum absolute atomic E-state index is 0.0782. The summed E-state index contributed by atoms with van der Waals surface area (Å²) in [4.78, 5) is 26.0. The van der Waals surface area contributed by atoms with Gasteiger partial charge in [-0.2, -0.15) is 0 Å². The number of carbonyl (C=O) groups is 2. The number of unbranched alkanes of at least 4 members (excludes halogenated alkanes) is 31. The fraction of sp³-hybridized carbons (Fsp3) is 0.920. The SMILES string of the molecule is CCCCCCCC/C=C\CCCCCC(=O)OC(CCCCCCCCCCCCC)CC(=O)NC(CO)C(O)CCCCCCCCCCCCCCC. The van der Waals surface area contributed by atoms with Gasteiger partial charge in [-0.05, 0) is 51.4 Å². The second kappa shape index (κ2) is 44.7. The summed E-state index contributed by atoms with van der Waals surface area (Å²) in [6.07, 6.45) is 48.4. The van der Waals surface area contributed by atoms with Crippen molar-refractivity contribution in [3.05, 3.63) is 12.2 Å². The molecule has 0 radical (unpaired) electrons. The summed E-state index contributed by atoms with van der Waals surface area (Å²) < 4.78 is 5.91. The molecule has 3 atom stereocenters. The first-order chi connectivity index (χ1) is 27.5. The molecule has 0 saturated carbocycles. The molecule has 0 rings (SSSR count). The molecule has 0 aromatic carbocycles. The molecule has 0 saturated heterocycles. The van der Waals surface area contributed by atoms with Crippen molar-refractivity contribution in [2.24, 2.45) is 0 Å². The first-order valence-corrected chi connectivity index (χ1v) is 24.9. The fourth-order valence-corrected chi connectivity index (χ4v) is 7.78. The summed E-state index contributed by atoms with van der Waals surface area (Å²) in [5.74, 6) is -0.479. The molecule has 332 valence electrons. The molecule has 6 heteroatoms. The van der Waals surface area contributed by atoms with E-state index in [4.69, 9.17) is 4.74 Å². The second-order valence-electron chi connectivity index (χ2n) is 17.2. The van der Waals surface area contributed by atoms with Gasteiger partial charge in [0.15, 0.2) is 0 Å². The van der Waals surface area contributed by atoms with Gasteiger partial charge < -0.3 is 20.3 Å². The van der Waals surface area contributed by atoms with E-state index in [1.165, 1.54) is 173 Å². The zero-order valence-electron chi connectivity index (χ0n) is 37.8. The Morgan fingerprint density at radius 1 is 0.500 bits per heavy atom. The first kappa shape index (κ1) is 54.6. The van der Waals surface area contributed by atoms with Crippen molar-refractivity contribution in [3.8, 4) is 0 Å². The monoisotopic (exact) mass is 792 g/mol. The van der Waals surface area contributed by atoms with Crippen LogP contribution in [0.25, 0.3) is 0 Å². The number of amides is 1. The van der Waals surface area contributed by atoms with Gasteiger partial charge in [0.25, 0.3) is 0 Å². The Bertz CT molecular complexity index is 847. The summed E-state index contributed by atoms with van der Waals surface area (Å²) in [6.45, 7) is 6.48. The summed E-state index contributed by atoms with van der Waals surface area (Å²) in [6, 6.07) is -0.696. The standard InChI is InChI=1S/C50H97NO5/c1-4-7-10-13-16-19-22-24-27-30-33-36-39-42-48(53)47(45-52)51-49(54)44-46(41-38-35-32-29-26-21-18-15-12-9-6-3)56-50(55)43-40-37-34-31-28-25-23-20-17-14-11-8-5-2/h25,28,46-48,52-53H,4-24,26-27,29-45H2,1-3H3,(H,51,54)/b28-25-. The average Bonchev–Trinajstić information content (AvgIpc) is 3.19. The second-order valence-corrected chi connectivity index (χ2v) is 17.2. The number of aliphatic hydroxyl groups excluding tert-OH is 2. The zero-order chi connectivity index (χ0) is 41.0. The lowest BCUT2D eigenvalue weighted by atomic mass is 10.0. The van der Waals surface area contributed by atoms with Gasteiger partial charge in [0.2, 0.25) is 5.91 Å². The van der Waals surface area contributed by atoms with Gasteiger partial charge in [-0.25, -0.2) is 0 Å². The lowest BCUT2D eigenvalue weighted by molar-refractivity contribution is -0.151. The van der Waals surface area contributed by atoms with Crippen LogP contribution < -0.4 is 5.32 Å². The van der Waals surface area contributed by atoms with E-state index in [-0.39, 0.29) is 24.9 Å². The van der Waals surface area contributed by atoms with E-state index >= 15 is 0 Å². The van der Waals surface area contributed by atoms with Crippen LogP contribution in [0.2, 0.25) is 0 Å². The molecular weight excluding hydrogens is 695 g/mol. The van der Waals surface area contributed by atoms with Crippen molar-refractivity contribution in [1.82, 2.24) is 5.32 Å². The maximum atomic E-state index is 13.2. The molecule has 0 fully saturated rings. The van der Waals surface area contributed by atoms with Gasteiger partial charge in [-0.15, -0.1) is 0 Å². The maximum Gasteiger partial charge on any atom is 0.306 e. The van der Waals surface area contributed by atoms with Gasteiger partial charge >= 0.3 is 5.97 Å². The van der Waals surface area contributed by atoms with E-state index < -0.39 is 18.2 Å². The Labute approximate surface area is 349 Å². The molecule has 0 aliphatic carbocycles. The van der Waals surface area contributed by atoms with Crippen LogP contribution in [0.1, 0.15) is 271 Å². The molecule has 0 aromatic rings. The topological polar surface area (TPSA) is 95.9 Å². The molecule has 0 spiro atoms. The number of ether oxygens (including phenoxy) is 1. The van der Waals surface area contributed by atoms with Crippen LogP contribution in [0.3, 0.4) is 0 Å². The summed E-state index contributed by atoms with van der Waals surface area (Å²) in [5, 5.41) is 23.7. The van der Waals surface area contributed by atoms with Gasteiger partial charge in [-0.1, -0.05) is 219 Å². The smallest absolute Gasteiger partial charge is 0.306 e. The molecule has 56 heavy (non-hydrogen) atoms. The third-order valence-corrected chi connectivity index (χ3v) is 11.6. The number of rotatable bonds is 45. The molecule has 1 amide bonds. The van der Waals surface area contributed by atoms with Crippen LogP contribution in [-0.4, -0.2) is 46.9 Å². The molecule has 0 bridgehead atoms. The third-order valence-electron chi connectivity index (χ3n) is 11.6.